The van der Waals surface area contributed by atoms with E-state index < -0.39 is 0 Å². The molecule has 1 heterocycles. The van der Waals surface area contributed by atoms with Crippen molar-refractivity contribution in [1.82, 2.24) is 9.88 Å². The van der Waals surface area contributed by atoms with Crippen molar-refractivity contribution in [3.8, 4) is 0 Å². The largest absolute Gasteiger partial charge is 0.325 e. The molecule has 1 N–H and O–H groups in total. The number of rotatable bonds is 9. The monoisotopic (exact) mass is 371 g/mol. The first kappa shape index (κ1) is 20.5. The Morgan fingerprint density at radius 2 is 2.00 bits per heavy atom. The Morgan fingerprint density at radius 3 is 2.65 bits per heavy atom. The number of hydrogen-bond acceptors (Lipinski definition) is 4. The molecule has 0 aliphatic heterocycles. The lowest BCUT2D eigenvalue weighted by molar-refractivity contribution is -0.117. The summed E-state index contributed by atoms with van der Waals surface area (Å²) in [5.74, 6) is 1.38. The smallest absolute Gasteiger partial charge is 0.238 e. The first-order chi connectivity index (χ1) is 12.5. The van der Waals surface area contributed by atoms with E-state index in [0.717, 1.165) is 23.0 Å². The summed E-state index contributed by atoms with van der Waals surface area (Å²) in [5.41, 5.74) is 2.02. The number of hydrogen-bond donors (Lipinski definition) is 1. The number of benzene rings is 1. The molecule has 26 heavy (non-hydrogen) atoms. The van der Waals surface area contributed by atoms with Gasteiger partial charge in [0.1, 0.15) is 0 Å². The Morgan fingerprint density at radius 1 is 1.19 bits per heavy atom. The highest BCUT2D eigenvalue weighted by molar-refractivity contribution is 7.98. The van der Waals surface area contributed by atoms with Gasteiger partial charge in [0.15, 0.2) is 0 Å². The van der Waals surface area contributed by atoms with E-state index >= 15 is 0 Å². The molecule has 4 nitrogen and oxygen atoms in total. The molecule has 0 spiro atoms. The summed E-state index contributed by atoms with van der Waals surface area (Å²) in [5, 5.41) is 4.04. The van der Waals surface area contributed by atoms with Crippen LogP contribution in [0.3, 0.4) is 0 Å². The fourth-order valence-corrected chi connectivity index (χ4v) is 3.48. The summed E-state index contributed by atoms with van der Waals surface area (Å²) in [6.45, 7) is 9.94. The van der Waals surface area contributed by atoms with E-state index in [1.807, 2.05) is 36.4 Å². The molecular formula is C21H29N3OS. The van der Waals surface area contributed by atoms with Crippen LogP contribution >= 0.6 is 11.8 Å². The maximum absolute atomic E-state index is 12.4. The van der Waals surface area contributed by atoms with Crippen LogP contribution in [0.25, 0.3) is 0 Å². The van der Waals surface area contributed by atoms with Crippen LogP contribution in [0.1, 0.15) is 33.3 Å². The Bertz CT molecular complexity index is 691. The van der Waals surface area contributed by atoms with Gasteiger partial charge in [0.2, 0.25) is 5.91 Å². The second-order valence-electron chi connectivity index (χ2n) is 6.75. The molecular weight excluding hydrogens is 342 g/mol. The van der Waals surface area contributed by atoms with Crippen molar-refractivity contribution in [3.63, 3.8) is 0 Å². The molecule has 2 aromatic rings. The van der Waals surface area contributed by atoms with E-state index in [1.165, 1.54) is 5.56 Å². The lowest BCUT2D eigenvalue weighted by Crippen LogP contribution is -2.41. The maximum atomic E-state index is 12.4. The molecule has 140 valence electrons. The third-order valence-corrected chi connectivity index (χ3v) is 5.54. The zero-order valence-electron chi connectivity index (χ0n) is 16.1. The number of amides is 1. The molecule has 1 amide bonds. The summed E-state index contributed by atoms with van der Waals surface area (Å²) >= 11 is 1.69. The number of pyridine rings is 1. The summed E-state index contributed by atoms with van der Waals surface area (Å²) in [6, 6.07) is 14.3. The molecule has 0 radical (unpaired) electrons. The van der Waals surface area contributed by atoms with Crippen LogP contribution in [0.15, 0.2) is 53.7 Å². The maximum Gasteiger partial charge on any atom is 0.238 e. The summed E-state index contributed by atoms with van der Waals surface area (Å²) in [7, 11) is 0. The van der Waals surface area contributed by atoms with Crippen LogP contribution in [0.4, 0.5) is 5.69 Å². The Labute approximate surface area is 161 Å². The molecule has 0 aliphatic carbocycles. The van der Waals surface area contributed by atoms with Crippen molar-refractivity contribution in [1.29, 1.82) is 0 Å². The van der Waals surface area contributed by atoms with Crippen LogP contribution in [0.5, 0.6) is 0 Å². The molecule has 0 fully saturated rings. The van der Waals surface area contributed by atoms with Crippen LogP contribution < -0.4 is 5.32 Å². The highest BCUT2D eigenvalue weighted by atomic mass is 32.2. The quantitative estimate of drug-likeness (QED) is 0.650. The highest BCUT2D eigenvalue weighted by Gasteiger charge is 2.18. The van der Waals surface area contributed by atoms with Crippen LogP contribution in [0, 0.1) is 5.92 Å². The molecule has 0 bridgehead atoms. The van der Waals surface area contributed by atoms with Crippen LogP contribution in [0.2, 0.25) is 0 Å². The van der Waals surface area contributed by atoms with Gasteiger partial charge in [-0.25, -0.2) is 4.98 Å². The zero-order valence-corrected chi connectivity index (χ0v) is 16.9. The van der Waals surface area contributed by atoms with Gasteiger partial charge in [0, 0.05) is 23.7 Å². The average molecular weight is 372 g/mol. The van der Waals surface area contributed by atoms with Crippen molar-refractivity contribution in [3.05, 3.63) is 54.2 Å². The predicted octanol–water partition coefficient (Wildman–Crippen LogP) is 4.68. The minimum atomic E-state index is 0.0360. The molecule has 0 saturated carbocycles. The van der Waals surface area contributed by atoms with Gasteiger partial charge in [-0.3, -0.25) is 9.69 Å². The summed E-state index contributed by atoms with van der Waals surface area (Å²) in [4.78, 5) is 19.0. The Hall–Kier alpha value is -1.85. The number of aromatic nitrogens is 1. The van der Waals surface area contributed by atoms with Crippen molar-refractivity contribution < 1.29 is 4.79 Å². The van der Waals surface area contributed by atoms with Gasteiger partial charge in [0.05, 0.1) is 11.6 Å². The molecule has 0 aliphatic rings. The molecule has 2 rings (SSSR count). The minimum Gasteiger partial charge on any atom is -0.325 e. The Balaban J connectivity index is 1.91. The first-order valence-corrected chi connectivity index (χ1v) is 10.1. The van der Waals surface area contributed by atoms with Crippen molar-refractivity contribution in [2.24, 2.45) is 5.92 Å². The van der Waals surface area contributed by atoms with E-state index in [2.05, 4.69) is 49.0 Å². The fourth-order valence-electron chi connectivity index (χ4n) is 2.68. The van der Waals surface area contributed by atoms with E-state index in [9.17, 15) is 4.79 Å². The van der Waals surface area contributed by atoms with Gasteiger partial charge >= 0.3 is 0 Å². The molecule has 5 heteroatoms. The lowest BCUT2D eigenvalue weighted by Gasteiger charge is -2.30. The third kappa shape index (κ3) is 6.46. The molecule has 1 aromatic heterocycles. The second kappa shape index (κ2) is 10.3. The van der Waals surface area contributed by atoms with E-state index in [4.69, 9.17) is 0 Å². The summed E-state index contributed by atoms with van der Waals surface area (Å²) in [6.07, 6.45) is 1.80. The van der Waals surface area contributed by atoms with E-state index in [1.54, 1.807) is 18.0 Å². The number of carbonyl (C=O) groups excluding carboxylic acids is 1. The topological polar surface area (TPSA) is 45.2 Å². The number of anilines is 1. The molecule has 1 atom stereocenters. The van der Waals surface area contributed by atoms with Crippen molar-refractivity contribution >= 4 is 23.4 Å². The van der Waals surface area contributed by atoms with Gasteiger partial charge in [0.25, 0.3) is 0 Å². The van der Waals surface area contributed by atoms with Crippen LogP contribution in [-0.2, 0) is 10.5 Å². The van der Waals surface area contributed by atoms with Gasteiger partial charge in [-0.15, -0.1) is 11.8 Å². The predicted molar refractivity (Wildman–Crippen MR) is 110 cm³/mol. The minimum absolute atomic E-state index is 0.0360. The SMILES string of the molecule is CCN(CC(=O)Nc1cccc(CSc2ccccn2)c1)C(C)C(C)C. The first-order valence-electron chi connectivity index (χ1n) is 9.16. The van der Waals surface area contributed by atoms with E-state index in [-0.39, 0.29) is 5.91 Å². The number of carbonyl (C=O) groups is 1. The van der Waals surface area contributed by atoms with Crippen LogP contribution in [-0.4, -0.2) is 34.9 Å². The highest BCUT2D eigenvalue weighted by Crippen LogP contribution is 2.22. The normalized spacial score (nSPS) is 12.4. The molecule has 1 unspecified atom stereocenters. The third-order valence-electron chi connectivity index (χ3n) is 4.53. The number of nitrogens with one attached hydrogen (secondary N) is 1. The average Bonchev–Trinajstić information content (AvgIpc) is 2.65. The fraction of sp³-hybridized carbons (Fsp3) is 0.429. The molecule has 0 saturated heterocycles. The van der Waals surface area contributed by atoms with Crippen molar-refractivity contribution in [2.45, 2.75) is 44.5 Å². The van der Waals surface area contributed by atoms with Gasteiger partial charge in [-0.1, -0.05) is 39.0 Å². The van der Waals surface area contributed by atoms with Gasteiger partial charge < -0.3 is 5.32 Å². The van der Waals surface area contributed by atoms with Gasteiger partial charge in [-0.2, -0.15) is 0 Å². The second-order valence-corrected chi connectivity index (χ2v) is 7.75. The number of nitrogens with zero attached hydrogens (tertiary/aromatic N) is 2. The molecule has 1 aromatic carbocycles. The van der Waals surface area contributed by atoms with Crippen molar-refractivity contribution in [2.75, 3.05) is 18.4 Å². The standard InChI is InChI=1S/C21H29N3OS/c1-5-24(17(4)16(2)3)14-20(25)23-19-10-8-9-18(13-19)15-26-21-11-6-7-12-22-21/h6-13,16-17H,5,14-15H2,1-4H3,(H,23,25). The summed E-state index contributed by atoms with van der Waals surface area (Å²) < 4.78 is 0. The zero-order chi connectivity index (χ0) is 18.9. The Kier molecular flexibility index (Phi) is 8.13. The van der Waals surface area contributed by atoms with E-state index in [0.29, 0.717) is 18.5 Å². The number of thioether (sulfide) groups is 1. The van der Waals surface area contributed by atoms with Gasteiger partial charge in [-0.05, 0) is 49.2 Å². The lowest BCUT2D eigenvalue weighted by atomic mass is 10.0. The number of likely N-dealkylation sites (N-methyl/N-ethyl adjacent to an activating group) is 1.